The van der Waals surface area contributed by atoms with E-state index < -0.39 is 0 Å². The van der Waals surface area contributed by atoms with E-state index in [0.29, 0.717) is 6.04 Å². The molecular formula is C11H12BrN3. The van der Waals surface area contributed by atoms with Crippen molar-refractivity contribution in [2.24, 2.45) is 0 Å². The van der Waals surface area contributed by atoms with Gasteiger partial charge in [-0.15, -0.1) is 0 Å². The Morgan fingerprint density at radius 2 is 2.40 bits per heavy atom. The first-order valence-electron chi connectivity index (χ1n) is 5.18. The topological polar surface area (TPSA) is 29.9 Å². The van der Waals surface area contributed by atoms with E-state index in [1.165, 1.54) is 11.8 Å². The summed E-state index contributed by atoms with van der Waals surface area (Å²) < 4.78 is 3.20. The van der Waals surface area contributed by atoms with Crippen LogP contribution in [0.15, 0.2) is 28.9 Å². The van der Waals surface area contributed by atoms with Crippen molar-refractivity contribution in [2.75, 3.05) is 13.1 Å². The average Bonchev–Trinajstić information content (AvgIpc) is 2.84. The average molecular weight is 266 g/mol. The van der Waals surface area contributed by atoms with Gasteiger partial charge in [-0.1, -0.05) is 15.9 Å². The molecule has 3 nitrogen and oxygen atoms in total. The zero-order chi connectivity index (χ0) is 10.3. The molecule has 1 aromatic carbocycles. The van der Waals surface area contributed by atoms with E-state index in [-0.39, 0.29) is 0 Å². The minimum absolute atomic E-state index is 0.524. The normalized spacial score (nSPS) is 21.3. The summed E-state index contributed by atoms with van der Waals surface area (Å²) in [5.41, 5.74) is 1.07. The van der Waals surface area contributed by atoms with Crippen LogP contribution in [0, 0.1) is 0 Å². The molecule has 0 unspecified atom stereocenters. The number of aromatic nitrogens is 2. The first kappa shape index (κ1) is 9.36. The smallest absolute Gasteiger partial charge is 0.0924 e. The Morgan fingerprint density at radius 3 is 3.20 bits per heavy atom. The number of rotatable bonds is 1. The lowest BCUT2D eigenvalue weighted by Crippen LogP contribution is -2.13. The Bertz CT molecular complexity index is 486. The van der Waals surface area contributed by atoms with Gasteiger partial charge in [0.15, 0.2) is 0 Å². The van der Waals surface area contributed by atoms with E-state index in [2.05, 4.69) is 49.4 Å². The second-order valence-corrected chi connectivity index (χ2v) is 4.87. The van der Waals surface area contributed by atoms with Gasteiger partial charge < -0.3 is 5.32 Å². The first-order valence-corrected chi connectivity index (χ1v) is 5.97. The highest BCUT2D eigenvalue weighted by molar-refractivity contribution is 9.10. The van der Waals surface area contributed by atoms with Gasteiger partial charge in [0.1, 0.15) is 0 Å². The molecule has 1 N–H and O–H groups in total. The number of nitrogens with zero attached hydrogens (tertiary/aromatic N) is 2. The van der Waals surface area contributed by atoms with Crippen molar-refractivity contribution in [2.45, 2.75) is 12.5 Å². The van der Waals surface area contributed by atoms with Gasteiger partial charge in [-0.3, -0.25) is 4.68 Å². The second kappa shape index (κ2) is 3.61. The van der Waals surface area contributed by atoms with E-state index in [0.717, 1.165) is 23.1 Å². The molecule has 0 spiro atoms. The highest BCUT2D eigenvalue weighted by Gasteiger charge is 2.17. The molecule has 15 heavy (non-hydrogen) atoms. The molecule has 2 aromatic rings. The molecule has 3 rings (SSSR count). The van der Waals surface area contributed by atoms with Crippen molar-refractivity contribution >= 4 is 26.8 Å². The van der Waals surface area contributed by atoms with Crippen LogP contribution in [0.25, 0.3) is 10.9 Å². The summed E-state index contributed by atoms with van der Waals surface area (Å²) in [6.45, 7) is 2.14. The van der Waals surface area contributed by atoms with E-state index in [9.17, 15) is 0 Å². The molecule has 78 valence electrons. The van der Waals surface area contributed by atoms with Crippen LogP contribution in [0.3, 0.4) is 0 Å². The van der Waals surface area contributed by atoms with Crippen LogP contribution in [-0.2, 0) is 0 Å². The fourth-order valence-electron chi connectivity index (χ4n) is 2.07. The highest BCUT2D eigenvalue weighted by Crippen LogP contribution is 2.22. The second-order valence-electron chi connectivity index (χ2n) is 3.96. The Labute approximate surface area is 96.6 Å². The molecule has 2 heterocycles. The van der Waals surface area contributed by atoms with E-state index in [1.807, 2.05) is 6.07 Å². The van der Waals surface area contributed by atoms with Gasteiger partial charge in [-0.25, -0.2) is 0 Å². The zero-order valence-corrected chi connectivity index (χ0v) is 9.87. The number of benzene rings is 1. The molecular weight excluding hydrogens is 254 g/mol. The number of nitrogens with one attached hydrogen (secondary N) is 1. The summed E-state index contributed by atoms with van der Waals surface area (Å²) in [6.07, 6.45) is 3.31. The maximum atomic E-state index is 4.59. The third-order valence-corrected chi connectivity index (χ3v) is 3.39. The lowest BCUT2D eigenvalue weighted by atomic mass is 10.2. The van der Waals surface area contributed by atoms with Crippen LogP contribution in [0.4, 0.5) is 0 Å². The molecule has 0 amide bonds. The molecule has 1 atom stereocenters. The Kier molecular flexibility index (Phi) is 2.25. The largest absolute Gasteiger partial charge is 0.315 e. The lowest BCUT2D eigenvalue weighted by molar-refractivity contribution is 0.495. The predicted molar refractivity (Wildman–Crippen MR) is 64.0 cm³/mol. The van der Waals surface area contributed by atoms with Gasteiger partial charge in [0, 0.05) is 22.6 Å². The molecule has 0 radical (unpaired) electrons. The first-order chi connectivity index (χ1) is 7.33. The van der Waals surface area contributed by atoms with E-state index >= 15 is 0 Å². The fourth-order valence-corrected chi connectivity index (χ4v) is 2.45. The van der Waals surface area contributed by atoms with Gasteiger partial charge in [-0.2, -0.15) is 5.10 Å². The van der Waals surface area contributed by atoms with Crippen LogP contribution in [0.1, 0.15) is 12.5 Å². The minimum Gasteiger partial charge on any atom is -0.315 e. The van der Waals surface area contributed by atoms with Gasteiger partial charge in [0.2, 0.25) is 0 Å². The van der Waals surface area contributed by atoms with E-state index in [4.69, 9.17) is 0 Å². The Balaban J connectivity index is 2.05. The molecule has 1 aliphatic heterocycles. The summed E-state index contributed by atoms with van der Waals surface area (Å²) >= 11 is 3.48. The van der Waals surface area contributed by atoms with Crippen LogP contribution < -0.4 is 5.32 Å². The number of halogens is 1. The van der Waals surface area contributed by atoms with Crippen LogP contribution in [0.2, 0.25) is 0 Å². The SMILES string of the molecule is Brc1ccc2nn([C@@H]3CCNC3)cc2c1. The van der Waals surface area contributed by atoms with Crippen LogP contribution in [0.5, 0.6) is 0 Å². The lowest BCUT2D eigenvalue weighted by Gasteiger charge is -2.07. The third-order valence-electron chi connectivity index (χ3n) is 2.89. The van der Waals surface area contributed by atoms with Crippen molar-refractivity contribution in [3.05, 3.63) is 28.9 Å². The molecule has 1 fully saturated rings. The van der Waals surface area contributed by atoms with Crippen LogP contribution >= 0.6 is 15.9 Å². The minimum atomic E-state index is 0.524. The zero-order valence-electron chi connectivity index (χ0n) is 8.28. The summed E-state index contributed by atoms with van der Waals surface area (Å²) in [5, 5.41) is 9.15. The van der Waals surface area contributed by atoms with Gasteiger partial charge in [0.05, 0.1) is 11.6 Å². The van der Waals surface area contributed by atoms with Gasteiger partial charge >= 0.3 is 0 Å². The standard InChI is InChI=1S/C11H12BrN3/c12-9-1-2-11-8(5-9)7-15(14-11)10-3-4-13-6-10/h1-2,5,7,10,13H,3-4,6H2/t10-/m1/s1. The Hall–Kier alpha value is -0.870. The van der Waals surface area contributed by atoms with Crippen molar-refractivity contribution in [1.29, 1.82) is 0 Å². The molecule has 0 saturated carbocycles. The number of fused-ring (bicyclic) bond motifs is 1. The Morgan fingerprint density at radius 1 is 1.47 bits per heavy atom. The molecule has 0 bridgehead atoms. The number of hydrogen-bond acceptors (Lipinski definition) is 2. The van der Waals surface area contributed by atoms with Gasteiger partial charge in [0.25, 0.3) is 0 Å². The predicted octanol–water partition coefficient (Wildman–Crippen LogP) is 2.33. The summed E-state index contributed by atoms with van der Waals surface area (Å²) in [5.74, 6) is 0. The van der Waals surface area contributed by atoms with Crippen molar-refractivity contribution in [3.63, 3.8) is 0 Å². The summed E-state index contributed by atoms with van der Waals surface area (Å²) in [6, 6.07) is 6.72. The summed E-state index contributed by atoms with van der Waals surface area (Å²) in [4.78, 5) is 0. The van der Waals surface area contributed by atoms with Gasteiger partial charge in [-0.05, 0) is 31.2 Å². The number of hydrogen-bond donors (Lipinski definition) is 1. The maximum Gasteiger partial charge on any atom is 0.0924 e. The maximum absolute atomic E-state index is 4.59. The van der Waals surface area contributed by atoms with Crippen molar-refractivity contribution in [1.82, 2.24) is 15.1 Å². The van der Waals surface area contributed by atoms with E-state index in [1.54, 1.807) is 0 Å². The quantitative estimate of drug-likeness (QED) is 0.858. The van der Waals surface area contributed by atoms with Crippen LogP contribution in [-0.4, -0.2) is 22.9 Å². The molecule has 1 aliphatic rings. The van der Waals surface area contributed by atoms with Crippen molar-refractivity contribution in [3.8, 4) is 0 Å². The molecule has 1 saturated heterocycles. The molecule has 4 heteroatoms. The monoisotopic (exact) mass is 265 g/mol. The molecule has 0 aliphatic carbocycles. The molecule has 1 aromatic heterocycles. The summed E-state index contributed by atoms with van der Waals surface area (Å²) in [7, 11) is 0. The van der Waals surface area contributed by atoms with Crippen molar-refractivity contribution < 1.29 is 0 Å². The fraction of sp³-hybridized carbons (Fsp3) is 0.364. The third kappa shape index (κ3) is 1.68. The highest BCUT2D eigenvalue weighted by atomic mass is 79.9.